The van der Waals surface area contributed by atoms with Crippen molar-refractivity contribution in [1.29, 1.82) is 0 Å². The van der Waals surface area contributed by atoms with Crippen LogP contribution in [0.5, 0.6) is 0 Å². The maximum Gasteiger partial charge on any atom is 0.234 e. The van der Waals surface area contributed by atoms with Crippen LogP contribution < -0.4 is 11.1 Å². The molecule has 7 heteroatoms. The quantitative estimate of drug-likeness (QED) is 0.384. The maximum atomic E-state index is 13.5. The molecule has 0 saturated carbocycles. The van der Waals surface area contributed by atoms with E-state index in [-0.39, 0.29) is 18.2 Å². The maximum absolute atomic E-state index is 13.5. The van der Waals surface area contributed by atoms with Crippen LogP contribution in [0.15, 0.2) is 60.8 Å². The second-order valence-corrected chi connectivity index (χ2v) is 10.6. The highest BCUT2D eigenvalue weighted by Gasteiger charge is 2.31. The third-order valence-electron chi connectivity index (χ3n) is 7.71. The number of nitrogen functional groups attached to an aromatic ring is 1. The summed E-state index contributed by atoms with van der Waals surface area (Å²) in [5, 5.41) is 4.93. The highest BCUT2D eigenvalue weighted by Crippen LogP contribution is 2.23. The van der Waals surface area contributed by atoms with Gasteiger partial charge in [0.25, 0.3) is 0 Å². The number of nitrogens with zero attached hydrogens (tertiary/aromatic N) is 2. The number of carbonyl (C=O) groups is 2. The fourth-order valence-corrected chi connectivity index (χ4v) is 5.36. The molecule has 3 N–H and O–H groups in total. The van der Waals surface area contributed by atoms with Crippen molar-refractivity contribution in [2.75, 3.05) is 12.3 Å². The van der Waals surface area contributed by atoms with Crippen LogP contribution in [0.3, 0.4) is 0 Å². The first-order valence-corrected chi connectivity index (χ1v) is 13.7. The van der Waals surface area contributed by atoms with E-state index in [0.717, 1.165) is 34.7 Å². The van der Waals surface area contributed by atoms with Gasteiger partial charge in [-0.05, 0) is 62.6 Å². The lowest BCUT2D eigenvalue weighted by Crippen LogP contribution is -2.54. The van der Waals surface area contributed by atoms with Crippen molar-refractivity contribution >= 4 is 28.3 Å². The Morgan fingerprint density at radius 2 is 1.82 bits per heavy atom. The number of nitrogens with two attached hydrogens (primary N) is 1. The van der Waals surface area contributed by atoms with Gasteiger partial charge in [0.05, 0.1) is 19.3 Å². The van der Waals surface area contributed by atoms with Gasteiger partial charge in [-0.1, -0.05) is 55.0 Å². The monoisotopic (exact) mass is 516 g/mol. The first kappa shape index (κ1) is 27.7. The van der Waals surface area contributed by atoms with E-state index >= 15 is 0 Å². The summed E-state index contributed by atoms with van der Waals surface area (Å²) >= 11 is 0. The predicted molar refractivity (Wildman–Crippen MR) is 152 cm³/mol. The molecule has 1 aliphatic heterocycles. The van der Waals surface area contributed by atoms with Crippen LogP contribution in [0.25, 0.3) is 10.8 Å². The van der Waals surface area contributed by atoms with Crippen LogP contribution in [0, 0.1) is 0 Å². The number of hydrogen-bond donors (Lipinski definition) is 2. The molecule has 4 rings (SSSR count). The number of nitrogens with one attached hydrogen (secondary N) is 1. The number of fused-ring (bicyclic) bond motifs is 1. The lowest BCUT2D eigenvalue weighted by molar-refractivity contribution is -0.133. The van der Waals surface area contributed by atoms with Crippen molar-refractivity contribution in [3.8, 4) is 0 Å². The Morgan fingerprint density at radius 1 is 1.08 bits per heavy atom. The van der Waals surface area contributed by atoms with Gasteiger partial charge in [0.15, 0.2) is 5.78 Å². The molecule has 0 aliphatic carbocycles. The summed E-state index contributed by atoms with van der Waals surface area (Å²) in [4.78, 5) is 33.1. The highest BCUT2D eigenvalue weighted by atomic mass is 16.5. The molecule has 0 spiro atoms. The molecular weight excluding hydrogens is 476 g/mol. The summed E-state index contributed by atoms with van der Waals surface area (Å²) in [5.74, 6) is 0.329. The van der Waals surface area contributed by atoms with Crippen LogP contribution in [-0.2, 0) is 27.4 Å². The standard InChI is InChI=1S/C31H40N4O3/c1-21-8-7-9-22(2)35(21)19-29(37)34-30(23(3)38-20-25-10-5-4-6-11-25)28(36)15-13-24-12-14-27-26(18-24)16-17-33-31(27)32/h4-6,10-12,14,16-18,21-23,30H,7-9,13,15,19-20H2,1-3H3,(H2,32,33)(H,34,37)/t21-,22+,23?,30-/m0/s1. The third-order valence-corrected chi connectivity index (χ3v) is 7.71. The molecule has 1 unspecified atom stereocenters. The smallest absolute Gasteiger partial charge is 0.234 e. The molecule has 1 fully saturated rings. The van der Waals surface area contributed by atoms with E-state index in [1.807, 2.05) is 61.5 Å². The van der Waals surface area contributed by atoms with Crippen molar-refractivity contribution in [1.82, 2.24) is 15.2 Å². The van der Waals surface area contributed by atoms with E-state index in [4.69, 9.17) is 10.5 Å². The number of piperidine rings is 1. The summed E-state index contributed by atoms with van der Waals surface area (Å²) < 4.78 is 6.10. The number of Topliss-reactive ketones (excluding diaryl/α,β-unsaturated/α-hetero) is 1. The molecule has 3 aromatic rings. The molecule has 202 valence electrons. The number of pyridine rings is 1. The van der Waals surface area contributed by atoms with Gasteiger partial charge in [-0.3, -0.25) is 14.5 Å². The molecule has 1 aliphatic rings. The van der Waals surface area contributed by atoms with Gasteiger partial charge < -0.3 is 15.8 Å². The number of amides is 1. The van der Waals surface area contributed by atoms with E-state index < -0.39 is 12.1 Å². The minimum Gasteiger partial charge on any atom is -0.383 e. The molecular formula is C31H40N4O3. The zero-order valence-electron chi connectivity index (χ0n) is 22.7. The number of carbonyl (C=O) groups excluding carboxylic acids is 2. The Balaban J connectivity index is 1.43. The number of aryl methyl sites for hydroxylation is 1. The second kappa shape index (κ2) is 13.0. The van der Waals surface area contributed by atoms with Gasteiger partial charge in [-0.15, -0.1) is 0 Å². The predicted octanol–water partition coefficient (Wildman–Crippen LogP) is 4.67. The summed E-state index contributed by atoms with van der Waals surface area (Å²) in [5.41, 5.74) is 8.04. The van der Waals surface area contributed by atoms with Gasteiger partial charge in [-0.2, -0.15) is 0 Å². The van der Waals surface area contributed by atoms with E-state index in [1.165, 1.54) is 6.42 Å². The van der Waals surface area contributed by atoms with Gasteiger partial charge in [-0.25, -0.2) is 4.98 Å². The van der Waals surface area contributed by atoms with Crippen molar-refractivity contribution in [2.24, 2.45) is 0 Å². The summed E-state index contributed by atoms with van der Waals surface area (Å²) in [6, 6.07) is 17.7. The number of benzene rings is 2. The molecule has 1 amide bonds. The van der Waals surface area contributed by atoms with Crippen LogP contribution in [0.2, 0.25) is 0 Å². The van der Waals surface area contributed by atoms with E-state index in [0.29, 0.717) is 37.4 Å². The summed E-state index contributed by atoms with van der Waals surface area (Å²) in [6.07, 6.45) is 5.44. The third kappa shape index (κ3) is 7.17. The molecule has 0 radical (unpaired) electrons. The first-order chi connectivity index (χ1) is 18.3. The van der Waals surface area contributed by atoms with Gasteiger partial charge in [0, 0.05) is 30.1 Å². The number of ketones is 1. The number of hydrogen-bond acceptors (Lipinski definition) is 6. The average molecular weight is 517 g/mol. The number of likely N-dealkylation sites (tertiary alicyclic amines) is 1. The SMILES string of the molecule is CC(OCc1ccccc1)[C@H](NC(=O)CN1[C@H](C)CCC[C@@H]1C)C(=O)CCc1ccc2c(N)nccc2c1. The number of ether oxygens (including phenoxy) is 1. The van der Waals surface area contributed by atoms with Gasteiger partial charge in [0.1, 0.15) is 11.9 Å². The van der Waals surface area contributed by atoms with Crippen molar-refractivity contribution in [2.45, 2.75) is 83.7 Å². The number of anilines is 1. The molecule has 38 heavy (non-hydrogen) atoms. The summed E-state index contributed by atoms with van der Waals surface area (Å²) in [7, 11) is 0. The molecule has 2 aromatic carbocycles. The average Bonchev–Trinajstić information content (AvgIpc) is 2.92. The Morgan fingerprint density at radius 3 is 2.55 bits per heavy atom. The Kier molecular flexibility index (Phi) is 9.48. The lowest BCUT2D eigenvalue weighted by Gasteiger charge is -2.38. The van der Waals surface area contributed by atoms with E-state index in [1.54, 1.807) is 6.20 Å². The van der Waals surface area contributed by atoms with Gasteiger partial charge >= 0.3 is 0 Å². The molecule has 1 aromatic heterocycles. The summed E-state index contributed by atoms with van der Waals surface area (Å²) in [6.45, 7) is 6.87. The normalized spacial score (nSPS) is 19.7. The molecule has 0 bridgehead atoms. The van der Waals surface area contributed by atoms with E-state index in [9.17, 15) is 9.59 Å². The number of rotatable bonds is 11. The molecule has 4 atom stereocenters. The zero-order chi connectivity index (χ0) is 27.1. The lowest BCUT2D eigenvalue weighted by atomic mass is 9.97. The van der Waals surface area contributed by atoms with Crippen LogP contribution in [-0.4, -0.2) is 52.3 Å². The van der Waals surface area contributed by atoms with Crippen LogP contribution in [0.4, 0.5) is 5.82 Å². The van der Waals surface area contributed by atoms with Crippen molar-refractivity contribution in [3.63, 3.8) is 0 Å². The minimum absolute atomic E-state index is 0.0343. The Labute approximate surface area is 225 Å². The second-order valence-electron chi connectivity index (χ2n) is 10.6. The van der Waals surface area contributed by atoms with Crippen LogP contribution in [0.1, 0.15) is 57.6 Å². The first-order valence-electron chi connectivity index (χ1n) is 13.7. The van der Waals surface area contributed by atoms with Crippen molar-refractivity contribution in [3.05, 3.63) is 71.9 Å². The Hall–Kier alpha value is -3.29. The fourth-order valence-electron chi connectivity index (χ4n) is 5.36. The molecule has 1 saturated heterocycles. The van der Waals surface area contributed by atoms with Gasteiger partial charge in [0.2, 0.25) is 5.91 Å². The fraction of sp³-hybridized carbons (Fsp3) is 0.452. The van der Waals surface area contributed by atoms with E-state index in [2.05, 4.69) is 29.0 Å². The molecule has 2 heterocycles. The topological polar surface area (TPSA) is 97.5 Å². The zero-order valence-corrected chi connectivity index (χ0v) is 22.7. The van der Waals surface area contributed by atoms with Crippen LogP contribution >= 0.6 is 0 Å². The Bertz CT molecular complexity index is 1220. The number of aromatic nitrogens is 1. The van der Waals surface area contributed by atoms with Crippen molar-refractivity contribution < 1.29 is 14.3 Å². The minimum atomic E-state index is -0.720. The molecule has 7 nitrogen and oxygen atoms in total. The largest absolute Gasteiger partial charge is 0.383 e. The highest BCUT2D eigenvalue weighted by molar-refractivity contribution is 5.92.